The van der Waals surface area contributed by atoms with Crippen molar-refractivity contribution in [1.29, 1.82) is 0 Å². The van der Waals surface area contributed by atoms with E-state index in [0.717, 1.165) is 26.1 Å². The van der Waals surface area contributed by atoms with Crippen molar-refractivity contribution in [3.8, 4) is 0 Å². The summed E-state index contributed by atoms with van der Waals surface area (Å²) in [6.07, 6.45) is 0.617. The van der Waals surface area contributed by atoms with Crippen molar-refractivity contribution in [1.82, 2.24) is 24.9 Å². The van der Waals surface area contributed by atoms with E-state index < -0.39 is 0 Å². The number of fused-ring (bicyclic) bond motifs is 3. The Morgan fingerprint density at radius 1 is 1.13 bits per heavy atom. The van der Waals surface area contributed by atoms with Gasteiger partial charge in [0.05, 0.1) is 13.2 Å². The Labute approximate surface area is 178 Å². The van der Waals surface area contributed by atoms with Crippen LogP contribution in [0.5, 0.6) is 0 Å². The smallest absolute Gasteiger partial charge is 0.327 e. The molecule has 30 heavy (non-hydrogen) atoms. The van der Waals surface area contributed by atoms with Crippen molar-refractivity contribution in [2.75, 3.05) is 46.4 Å². The molecule has 3 saturated heterocycles. The Morgan fingerprint density at radius 3 is 2.63 bits per heavy atom. The maximum atomic E-state index is 13.3. The van der Waals surface area contributed by atoms with Gasteiger partial charge in [0.25, 0.3) is 5.91 Å². The van der Waals surface area contributed by atoms with Crippen molar-refractivity contribution in [3.05, 3.63) is 35.9 Å². The summed E-state index contributed by atoms with van der Waals surface area (Å²) in [6, 6.07) is 9.86. The van der Waals surface area contributed by atoms with Crippen LogP contribution in [-0.2, 0) is 16.0 Å². The van der Waals surface area contributed by atoms with Crippen LogP contribution >= 0.6 is 0 Å². The average Bonchev–Trinajstić information content (AvgIpc) is 3.13. The van der Waals surface area contributed by atoms with Crippen molar-refractivity contribution < 1.29 is 14.3 Å². The predicted octanol–water partition coefficient (Wildman–Crippen LogP) is 0.995. The van der Waals surface area contributed by atoms with Crippen molar-refractivity contribution in [3.63, 3.8) is 0 Å². The van der Waals surface area contributed by atoms with E-state index in [4.69, 9.17) is 4.74 Å². The van der Waals surface area contributed by atoms with Crippen molar-refractivity contribution in [2.45, 2.75) is 38.8 Å². The lowest BCUT2D eigenvalue weighted by atomic mass is 10.0. The molecule has 0 saturated carbocycles. The van der Waals surface area contributed by atoms with E-state index in [2.05, 4.69) is 46.3 Å². The Kier molecular flexibility index (Phi) is 6.38. The third-order valence-electron chi connectivity index (χ3n) is 6.37. The molecule has 4 atom stereocenters. The van der Waals surface area contributed by atoms with Crippen LogP contribution in [0.25, 0.3) is 0 Å². The maximum absolute atomic E-state index is 13.3. The molecule has 0 aliphatic carbocycles. The van der Waals surface area contributed by atoms with Gasteiger partial charge in [-0.3, -0.25) is 24.8 Å². The quantitative estimate of drug-likeness (QED) is 0.670. The first-order valence-corrected chi connectivity index (χ1v) is 11.0. The van der Waals surface area contributed by atoms with Crippen LogP contribution in [0.15, 0.2) is 30.3 Å². The SMILES string of the molecule is CCOCCN1C(=O)C2C(NC3N(CCc4ccccc4)CC(C)CN23)N(C)C1=O. The molecule has 0 bridgehead atoms. The van der Waals surface area contributed by atoms with Gasteiger partial charge in [-0.2, -0.15) is 0 Å². The van der Waals surface area contributed by atoms with Gasteiger partial charge in [0.2, 0.25) is 0 Å². The molecule has 0 spiro atoms. The number of imide groups is 1. The van der Waals surface area contributed by atoms with Crippen molar-refractivity contribution in [2.24, 2.45) is 5.92 Å². The van der Waals surface area contributed by atoms with E-state index in [1.165, 1.54) is 10.5 Å². The summed E-state index contributed by atoms with van der Waals surface area (Å²) >= 11 is 0. The number of rotatable bonds is 7. The molecule has 4 rings (SSSR count). The minimum absolute atomic E-state index is 0.0362. The molecule has 3 heterocycles. The first kappa shape index (κ1) is 21.2. The summed E-state index contributed by atoms with van der Waals surface area (Å²) in [5, 5.41) is 3.58. The summed E-state index contributed by atoms with van der Waals surface area (Å²) in [7, 11) is 1.78. The van der Waals surface area contributed by atoms with Gasteiger partial charge >= 0.3 is 6.03 Å². The molecule has 1 aromatic carbocycles. The van der Waals surface area contributed by atoms with E-state index in [9.17, 15) is 9.59 Å². The van der Waals surface area contributed by atoms with E-state index in [0.29, 0.717) is 25.7 Å². The van der Waals surface area contributed by atoms with Gasteiger partial charge in [0, 0.05) is 33.3 Å². The molecule has 3 aliphatic heterocycles. The fraction of sp³-hybridized carbons (Fsp3) is 0.636. The second-order valence-electron chi connectivity index (χ2n) is 8.54. The summed E-state index contributed by atoms with van der Waals surface area (Å²) in [5.41, 5.74) is 1.31. The summed E-state index contributed by atoms with van der Waals surface area (Å²) in [5.74, 6) is 0.333. The molecule has 3 amide bonds. The minimum Gasteiger partial charge on any atom is -0.380 e. The molecule has 3 aliphatic rings. The molecule has 1 aromatic rings. The third kappa shape index (κ3) is 3.97. The van der Waals surface area contributed by atoms with Gasteiger partial charge in [-0.05, 0) is 24.8 Å². The molecular formula is C22H33N5O3. The number of ether oxygens (including phenoxy) is 1. The zero-order chi connectivity index (χ0) is 21.3. The fourth-order valence-electron chi connectivity index (χ4n) is 4.92. The third-order valence-corrected chi connectivity index (χ3v) is 6.37. The van der Waals surface area contributed by atoms with E-state index in [1.807, 2.05) is 13.0 Å². The highest BCUT2D eigenvalue weighted by Crippen LogP contribution is 2.32. The van der Waals surface area contributed by atoms with E-state index in [-0.39, 0.29) is 30.4 Å². The normalized spacial score (nSPS) is 30.0. The fourth-order valence-corrected chi connectivity index (χ4v) is 4.92. The molecule has 3 fully saturated rings. The molecule has 0 radical (unpaired) electrons. The Balaban J connectivity index is 1.50. The molecule has 8 nitrogen and oxygen atoms in total. The minimum atomic E-state index is -0.360. The topological polar surface area (TPSA) is 68.4 Å². The molecular weight excluding hydrogens is 382 g/mol. The molecule has 1 N–H and O–H groups in total. The number of nitrogens with zero attached hydrogens (tertiary/aromatic N) is 4. The van der Waals surface area contributed by atoms with Crippen LogP contribution in [0.4, 0.5) is 4.79 Å². The number of urea groups is 1. The highest BCUT2D eigenvalue weighted by atomic mass is 16.5. The first-order valence-electron chi connectivity index (χ1n) is 11.0. The predicted molar refractivity (Wildman–Crippen MR) is 113 cm³/mol. The van der Waals surface area contributed by atoms with Gasteiger partial charge in [-0.25, -0.2) is 4.79 Å². The first-order chi connectivity index (χ1) is 14.5. The van der Waals surface area contributed by atoms with Crippen molar-refractivity contribution >= 4 is 11.9 Å². The lowest BCUT2D eigenvalue weighted by Gasteiger charge is -2.45. The number of carbonyl (C=O) groups excluding carboxylic acids is 2. The summed E-state index contributed by atoms with van der Waals surface area (Å²) in [6.45, 7) is 8.10. The lowest BCUT2D eigenvalue weighted by Crippen LogP contribution is -2.67. The van der Waals surface area contributed by atoms with Gasteiger partial charge in [-0.1, -0.05) is 37.3 Å². The Morgan fingerprint density at radius 2 is 1.90 bits per heavy atom. The van der Waals surface area contributed by atoms with Crippen LogP contribution in [0.2, 0.25) is 0 Å². The number of hydrogen-bond acceptors (Lipinski definition) is 6. The number of amides is 3. The average molecular weight is 416 g/mol. The van der Waals surface area contributed by atoms with Crippen LogP contribution in [0.1, 0.15) is 19.4 Å². The van der Waals surface area contributed by atoms with Gasteiger partial charge in [0.15, 0.2) is 0 Å². The van der Waals surface area contributed by atoms with Crippen LogP contribution < -0.4 is 5.32 Å². The second-order valence-corrected chi connectivity index (χ2v) is 8.54. The number of likely N-dealkylation sites (N-methyl/N-ethyl adjacent to an activating group) is 1. The van der Waals surface area contributed by atoms with Gasteiger partial charge in [-0.15, -0.1) is 0 Å². The van der Waals surface area contributed by atoms with Crippen LogP contribution in [0, 0.1) is 5.92 Å². The van der Waals surface area contributed by atoms with Gasteiger partial charge < -0.3 is 9.64 Å². The van der Waals surface area contributed by atoms with Crippen LogP contribution in [0.3, 0.4) is 0 Å². The lowest BCUT2D eigenvalue weighted by molar-refractivity contribution is -0.141. The van der Waals surface area contributed by atoms with E-state index >= 15 is 0 Å². The van der Waals surface area contributed by atoms with E-state index in [1.54, 1.807) is 11.9 Å². The standard InChI is InChI=1S/C22H33N5O3/c1-4-30-13-12-26-20(28)18-19(24(3)22(26)29)23-21-25(14-16(2)15-27(18)21)11-10-17-8-6-5-7-9-17/h5-9,16,18-19,21,23H,4,10-15H2,1-3H3. The molecule has 4 unspecified atom stereocenters. The summed E-state index contributed by atoms with van der Waals surface area (Å²) < 4.78 is 5.39. The zero-order valence-corrected chi connectivity index (χ0v) is 18.2. The Bertz CT molecular complexity index is 760. The largest absolute Gasteiger partial charge is 0.380 e. The highest BCUT2D eigenvalue weighted by molar-refractivity contribution is 6.00. The number of hydrogen-bond donors (Lipinski definition) is 1. The number of nitrogens with one attached hydrogen (secondary N) is 1. The summed E-state index contributed by atoms with van der Waals surface area (Å²) in [4.78, 5) is 33.9. The number of carbonyl (C=O) groups is 2. The monoisotopic (exact) mass is 415 g/mol. The molecule has 8 heteroatoms. The zero-order valence-electron chi connectivity index (χ0n) is 18.2. The van der Waals surface area contributed by atoms with Gasteiger partial charge in [0.1, 0.15) is 18.5 Å². The Hall–Kier alpha value is -2.00. The maximum Gasteiger partial charge on any atom is 0.327 e. The van der Waals surface area contributed by atoms with Crippen LogP contribution in [-0.4, -0.2) is 96.5 Å². The number of benzene rings is 1. The molecule has 164 valence electrons. The second kappa shape index (κ2) is 9.01. The molecule has 0 aromatic heterocycles. The highest BCUT2D eigenvalue weighted by Gasteiger charge is 2.56.